The predicted octanol–water partition coefficient (Wildman–Crippen LogP) is 2.65. The standard InChI is InChI=1S/C12H18ClN3OS/c1-12(2,18-4)7-16-11(17)8-5-9(13)10(14-3)15-6-8/h5-6H,7H2,1-4H3,(H,14,15)(H,16,17). The van der Waals surface area contributed by atoms with E-state index in [1.165, 1.54) is 6.20 Å². The number of nitrogens with one attached hydrogen (secondary N) is 2. The highest BCUT2D eigenvalue weighted by Gasteiger charge is 2.18. The fourth-order valence-corrected chi connectivity index (χ4v) is 1.69. The summed E-state index contributed by atoms with van der Waals surface area (Å²) >= 11 is 7.69. The minimum absolute atomic E-state index is 0.0117. The molecule has 0 aromatic carbocycles. The van der Waals surface area contributed by atoms with Gasteiger partial charge in [-0.2, -0.15) is 11.8 Å². The van der Waals surface area contributed by atoms with Crippen molar-refractivity contribution < 1.29 is 4.79 Å². The lowest BCUT2D eigenvalue weighted by Gasteiger charge is -2.22. The van der Waals surface area contributed by atoms with Crippen LogP contribution in [0.4, 0.5) is 5.82 Å². The Kier molecular flexibility index (Phi) is 5.28. The molecule has 0 atom stereocenters. The van der Waals surface area contributed by atoms with E-state index in [4.69, 9.17) is 11.6 Å². The maximum Gasteiger partial charge on any atom is 0.252 e. The number of nitrogens with zero attached hydrogens (tertiary/aromatic N) is 1. The molecule has 2 N–H and O–H groups in total. The van der Waals surface area contributed by atoms with Gasteiger partial charge >= 0.3 is 0 Å². The zero-order valence-corrected chi connectivity index (χ0v) is 12.6. The van der Waals surface area contributed by atoms with Gasteiger partial charge in [-0.1, -0.05) is 11.6 Å². The highest BCUT2D eigenvalue weighted by molar-refractivity contribution is 7.99. The minimum atomic E-state index is -0.158. The van der Waals surface area contributed by atoms with Crippen molar-refractivity contribution in [3.05, 3.63) is 22.8 Å². The molecular formula is C12H18ClN3OS. The second kappa shape index (κ2) is 6.29. The average Bonchev–Trinajstić information content (AvgIpc) is 2.36. The molecule has 0 aliphatic rings. The second-order valence-corrected chi connectivity index (χ2v) is 6.37. The lowest BCUT2D eigenvalue weighted by atomic mass is 10.2. The summed E-state index contributed by atoms with van der Waals surface area (Å²) in [4.78, 5) is 16.0. The number of carbonyl (C=O) groups excluding carboxylic acids is 1. The lowest BCUT2D eigenvalue weighted by molar-refractivity contribution is 0.0950. The zero-order chi connectivity index (χ0) is 13.8. The Labute approximate surface area is 117 Å². The fraction of sp³-hybridized carbons (Fsp3) is 0.500. The predicted molar refractivity (Wildman–Crippen MR) is 78.7 cm³/mol. The number of amides is 1. The Balaban J connectivity index is 2.71. The molecule has 0 radical (unpaired) electrons. The molecule has 0 bridgehead atoms. The Morgan fingerprint density at radius 3 is 2.72 bits per heavy atom. The van der Waals surface area contributed by atoms with Gasteiger partial charge < -0.3 is 10.6 Å². The van der Waals surface area contributed by atoms with Crippen molar-refractivity contribution >= 4 is 35.1 Å². The van der Waals surface area contributed by atoms with Crippen molar-refractivity contribution in [2.45, 2.75) is 18.6 Å². The van der Waals surface area contributed by atoms with Crippen LogP contribution in [-0.2, 0) is 0 Å². The third-order valence-corrected chi connectivity index (χ3v) is 4.11. The van der Waals surface area contributed by atoms with Gasteiger partial charge in [-0.25, -0.2) is 4.98 Å². The van der Waals surface area contributed by atoms with Gasteiger partial charge in [0.15, 0.2) is 0 Å². The Morgan fingerprint density at radius 1 is 1.56 bits per heavy atom. The molecule has 0 saturated carbocycles. The maximum absolute atomic E-state index is 11.9. The quantitative estimate of drug-likeness (QED) is 0.874. The van der Waals surface area contributed by atoms with Crippen LogP contribution in [0.5, 0.6) is 0 Å². The van der Waals surface area contributed by atoms with E-state index in [2.05, 4.69) is 29.5 Å². The number of rotatable bonds is 5. The van der Waals surface area contributed by atoms with Gasteiger partial charge in [0.05, 0.1) is 10.6 Å². The van der Waals surface area contributed by atoms with Crippen molar-refractivity contribution in [3.63, 3.8) is 0 Å². The van der Waals surface area contributed by atoms with Gasteiger partial charge in [0.1, 0.15) is 5.82 Å². The van der Waals surface area contributed by atoms with Gasteiger partial charge in [0.2, 0.25) is 0 Å². The van der Waals surface area contributed by atoms with E-state index in [0.29, 0.717) is 22.9 Å². The van der Waals surface area contributed by atoms with Crippen LogP contribution < -0.4 is 10.6 Å². The van der Waals surface area contributed by atoms with E-state index >= 15 is 0 Å². The van der Waals surface area contributed by atoms with Crippen LogP contribution in [-0.4, -0.2) is 35.5 Å². The zero-order valence-electron chi connectivity index (χ0n) is 11.0. The normalized spacial score (nSPS) is 11.2. The first-order chi connectivity index (χ1) is 8.39. The number of hydrogen-bond acceptors (Lipinski definition) is 4. The van der Waals surface area contributed by atoms with E-state index in [-0.39, 0.29) is 10.7 Å². The Morgan fingerprint density at radius 2 is 2.22 bits per heavy atom. The van der Waals surface area contributed by atoms with E-state index in [0.717, 1.165) is 0 Å². The van der Waals surface area contributed by atoms with E-state index < -0.39 is 0 Å². The van der Waals surface area contributed by atoms with Crippen molar-refractivity contribution in [2.24, 2.45) is 0 Å². The van der Waals surface area contributed by atoms with Gasteiger partial charge in [-0.15, -0.1) is 0 Å². The largest absolute Gasteiger partial charge is 0.372 e. The van der Waals surface area contributed by atoms with Crippen LogP contribution in [0.25, 0.3) is 0 Å². The van der Waals surface area contributed by atoms with Crippen LogP contribution in [0, 0.1) is 0 Å². The molecule has 0 unspecified atom stereocenters. The number of halogens is 1. The molecule has 0 aliphatic carbocycles. The molecule has 1 aromatic heterocycles. The molecule has 18 heavy (non-hydrogen) atoms. The minimum Gasteiger partial charge on any atom is -0.372 e. The van der Waals surface area contributed by atoms with E-state index in [1.54, 1.807) is 24.9 Å². The average molecular weight is 288 g/mol. The fourth-order valence-electron chi connectivity index (χ4n) is 1.21. The second-order valence-electron chi connectivity index (χ2n) is 4.45. The Hall–Kier alpha value is -0.940. The summed E-state index contributed by atoms with van der Waals surface area (Å²) in [5, 5.41) is 6.16. The van der Waals surface area contributed by atoms with Gasteiger partial charge in [0.25, 0.3) is 5.91 Å². The number of thioether (sulfide) groups is 1. The van der Waals surface area contributed by atoms with Crippen LogP contribution in [0.1, 0.15) is 24.2 Å². The van der Waals surface area contributed by atoms with E-state index in [1.807, 2.05) is 6.26 Å². The molecule has 100 valence electrons. The highest BCUT2D eigenvalue weighted by Crippen LogP contribution is 2.21. The number of carbonyl (C=O) groups is 1. The van der Waals surface area contributed by atoms with E-state index in [9.17, 15) is 4.79 Å². The molecular weight excluding hydrogens is 270 g/mol. The smallest absolute Gasteiger partial charge is 0.252 e. The molecule has 4 nitrogen and oxygen atoms in total. The van der Waals surface area contributed by atoms with Crippen LogP contribution in [0.3, 0.4) is 0 Å². The first kappa shape index (κ1) is 15.1. The van der Waals surface area contributed by atoms with Crippen molar-refractivity contribution in [3.8, 4) is 0 Å². The molecule has 1 amide bonds. The topological polar surface area (TPSA) is 54.0 Å². The first-order valence-electron chi connectivity index (χ1n) is 5.56. The molecule has 1 aromatic rings. The first-order valence-corrected chi connectivity index (χ1v) is 7.16. The van der Waals surface area contributed by atoms with Crippen molar-refractivity contribution in [2.75, 3.05) is 25.2 Å². The lowest BCUT2D eigenvalue weighted by Crippen LogP contribution is -2.36. The molecule has 0 saturated heterocycles. The van der Waals surface area contributed by atoms with Gasteiger partial charge in [-0.3, -0.25) is 4.79 Å². The molecule has 1 heterocycles. The van der Waals surface area contributed by atoms with Crippen molar-refractivity contribution in [1.82, 2.24) is 10.3 Å². The number of hydrogen-bond donors (Lipinski definition) is 2. The maximum atomic E-state index is 11.9. The highest BCUT2D eigenvalue weighted by atomic mass is 35.5. The molecule has 0 spiro atoms. The number of pyridine rings is 1. The van der Waals surface area contributed by atoms with Crippen LogP contribution in [0.15, 0.2) is 12.3 Å². The third-order valence-electron chi connectivity index (χ3n) is 2.57. The van der Waals surface area contributed by atoms with Crippen LogP contribution >= 0.6 is 23.4 Å². The summed E-state index contributed by atoms with van der Waals surface area (Å²) in [7, 11) is 1.73. The van der Waals surface area contributed by atoms with Crippen molar-refractivity contribution in [1.29, 1.82) is 0 Å². The summed E-state index contributed by atoms with van der Waals surface area (Å²) in [5.74, 6) is 0.409. The monoisotopic (exact) mass is 287 g/mol. The SMILES string of the molecule is CNc1ncc(C(=O)NCC(C)(C)SC)cc1Cl. The number of aromatic nitrogens is 1. The number of anilines is 1. The summed E-state index contributed by atoms with van der Waals surface area (Å²) < 4.78 is 0.0117. The van der Waals surface area contributed by atoms with Gasteiger partial charge in [-0.05, 0) is 26.2 Å². The molecule has 1 rings (SSSR count). The summed E-state index contributed by atoms with van der Waals surface area (Å²) in [6.07, 6.45) is 3.53. The van der Waals surface area contributed by atoms with Crippen LogP contribution in [0.2, 0.25) is 5.02 Å². The molecule has 0 fully saturated rings. The Bertz CT molecular complexity index is 437. The summed E-state index contributed by atoms with van der Waals surface area (Å²) in [6, 6.07) is 1.61. The van der Waals surface area contributed by atoms with Gasteiger partial charge in [0, 0.05) is 24.5 Å². The summed E-state index contributed by atoms with van der Waals surface area (Å²) in [6.45, 7) is 4.75. The molecule has 6 heteroatoms. The summed E-state index contributed by atoms with van der Waals surface area (Å²) in [5.41, 5.74) is 0.468. The third kappa shape index (κ3) is 4.07. The molecule has 0 aliphatic heterocycles.